The van der Waals surface area contributed by atoms with Crippen LogP contribution in [0.5, 0.6) is 5.75 Å². The number of rotatable bonds is 6. The first-order chi connectivity index (χ1) is 15.0. The molecule has 0 aliphatic carbocycles. The zero-order valence-corrected chi connectivity index (χ0v) is 19.5. The van der Waals surface area contributed by atoms with Crippen LogP contribution in [0.1, 0.15) is 20.8 Å². The van der Waals surface area contributed by atoms with Gasteiger partial charge >= 0.3 is 23.3 Å². The van der Waals surface area contributed by atoms with Gasteiger partial charge in [-0.25, -0.2) is 4.79 Å². The highest BCUT2D eigenvalue weighted by molar-refractivity contribution is 6.66. The summed E-state index contributed by atoms with van der Waals surface area (Å²) in [4.78, 5) is 48.5. The van der Waals surface area contributed by atoms with Crippen molar-refractivity contribution in [3.05, 3.63) is 23.2 Å². The number of anilines is 1. The van der Waals surface area contributed by atoms with Gasteiger partial charge in [0.05, 0.1) is 12.8 Å². The molecule has 0 N–H and O–H groups in total. The van der Waals surface area contributed by atoms with Gasteiger partial charge < -0.3 is 23.7 Å². The average Bonchev–Trinajstić information content (AvgIpc) is 2.71. The van der Waals surface area contributed by atoms with Gasteiger partial charge in [0.2, 0.25) is 12.4 Å². The third-order valence-electron chi connectivity index (χ3n) is 4.70. The van der Waals surface area contributed by atoms with Crippen LogP contribution < -0.4 is 9.64 Å². The number of methoxy groups -OCH3 is 1. The second-order valence-corrected chi connectivity index (χ2v) is 7.76. The first kappa shape index (κ1) is 25.7. The second kappa shape index (κ2) is 10.8. The summed E-state index contributed by atoms with van der Waals surface area (Å²) >= 11 is 11.6. The van der Waals surface area contributed by atoms with Crippen molar-refractivity contribution in [1.29, 1.82) is 0 Å². The molecule has 1 aliphatic rings. The third kappa shape index (κ3) is 6.02. The average molecular weight is 492 g/mol. The predicted octanol–water partition coefficient (Wildman–Crippen LogP) is 2.91. The number of esters is 3. The van der Waals surface area contributed by atoms with Gasteiger partial charge in [0, 0.05) is 31.8 Å². The van der Waals surface area contributed by atoms with Crippen molar-refractivity contribution < 1.29 is 42.9 Å². The molecule has 0 radical (unpaired) electrons. The Kier molecular flexibility index (Phi) is 8.71. The summed E-state index contributed by atoms with van der Waals surface area (Å²) < 4.78 is 27.2. The molecule has 0 bridgehead atoms. The highest BCUT2D eigenvalue weighted by Crippen LogP contribution is 2.37. The highest BCUT2D eigenvalue weighted by atomic mass is 35.5. The van der Waals surface area contributed by atoms with Crippen molar-refractivity contribution >= 4 is 52.2 Å². The minimum absolute atomic E-state index is 0.0767. The van der Waals surface area contributed by atoms with E-state index in [4.69, 9.17) is 46.9 Å². The quantitative estimate of drug-likeness (QED) is 0.256. The van der Waals surface area contributed by atoms with E-state index < -0.39 is 53.8 Å². The smallest absolute Gasteiger partial charge is 0.335 e. The maximum atomic E-state index is 12.3. The standard InChI is InChI=1S/C20H23Cl2NO9/c1-9-15(29-10(2)24)17(30-11(3)25)19(32-16(9)18(26)28-5)31-14-7-6-12(21)8-13(14)23(4)20(22)27/h6-9,15-17,19H,1-5H3/t9-,15-,16-,17+,19+/m0/s1. The molecule has 1 aliphatic heterocycles. The van der Waals surface area contributed by atoms with Crippen LogP contribution in [0.15, 0.2) is 18.2 Å². The van der Waals surface area contributed by atoms with E-state index in [1.165, 1.54) is 39.3 Å². The van der Waals surface area contributed by atoms with E-state index >= 15 is 0 Å². The van der Waals surface area contributed by atoms with Crippen LogP contribution in [0.4, 0.5) is 10.5 Å². The summed E-state index contributed by atoms with van der Waals surface area (Å²) in [7, 11) is 2.56. The van der Waals surface area contributed by atoms with Gasteiger partial charge in [-0.3, -0.25) is 19.3 Å². The van der Waals surface area contributed by atoms with Crippen molar-refractivity contribution in [3.8, 4) is 5.75 Å². The van der Waals surface area contributed by atoms with Gasteiger partial charge in [0.25, 0.3) is 0 Å². The number of ether oxygens (including phenoxy) is 5. The summed E-state index contributed by atoms with van der Waals surface area (Å²) in [5.74, 6) is -2.77. The summed E-state index contributed by atoms with van der Waals surface area (Å²) in [5.41, 5.74) is 0.181. The van der Waals surface area contributed by atoms with E-state index in [0.717, 1.165) is 11.8 Å². The summed E-state index contributed by atoms with van der Waals surface area (Å²) in [6.45, 7) is 3.91. The molecule has 10 nitrogen and oxygen atoms in total. The van der Waals surface area contributed by atoms with Gasteiger partial charge in [-0.05, 0) is 29.8 Å². The number of benzene rings is 1. The molecular weight excluding hydrogens is 469 g/mol. The second-order valence-electron chi connectivity index (χ2n) is 7.00. The van der Waals surface area contributed by atoms with E-state index in [1.807, 2.05) is 0 Å². The van der Waals surface area contributed by atoms with E-state index in [0.29, 0.717) is 0 Å². The first-order valence-electron chi connectivity index (χ1n) is 9.43. The molecule has 1 amide bonds. The Morgan fingerprint density at radius 3 is 2.19 bits per heavy atom. The van der Waals surface area contributed by atoms with Crippen LogP contribution in [0.25, 0.3) is 0 Å². The molecule has 32 heavy (non-hydrogen) atoms. The number of amides is 1. The zero-order chi connectivity index (χ0) is 24.2. The van der Waals surface area contributed by atoms with Crippen LogP contribution in [-0.4, -0.2) is 62.0 Å². The Balaban J connectivity index is 2.52. The molecule has 0 saturated carbocycles. The van der Waals surface area contributed by atoms with Gasteiger partial charge in [-0.1, -0.05) is 18.5 Å². The molecule has 12 heteroatoms. The molecule has 1 heterocycles. The first-order valence-corrected chi connectivity index (χ1v) is 10.2. The molecule has 1 saturated heterocycles. The molecule has 1 aromatic carbocycles. The van der Waals surface area contributed by atoms with Crippen molar-refractivity contribution in [2.45, 2.75) is 45.4 Å². The Bertz CT molecular complexity index is 894. The minimum atomic E-state index is -1.41. The fraction of sp³-hybridized carbons (Fsp3) is 0.500. The van der Waals surface area contributed by atoms with Crippen LogP contribution in [-0.2, 0) is 33.3 Å². The van der Waals surface area contributed by atoms with Crippen molar-refractivity contribution in [2.75, 3.05) is 19.1 Å². The highest BCUT2D eigenvalue weighted by Gasteiger charge is 2.52. The number of carbonyl (C=O) groups is 4. The molecule has 176 valence electrons. The number of hydrogen-bond acceptors (Lipinski definition) is 9. The maximum absolute atomic E-state index is 12.3. The zero-order valence-electron chi connectivity index (χ0n) is 18.0. The van der Waals surface area contributed by atoms with Crippen molar-refractivity contribution in [3.63, 3.8) is 0 Å². The number of nitrogens with zero attached hydrogens (tertiary/aromatic N) is 1. The van der Waals surface area contributed by atoms with E-state index in [1.54, 1.807) is 6.92 Å². The van der Waals surface area contributed by atoms with Gasteiger partial charge in [0.15, 0.2) is 12.2 Å². The molecule has 0 aromatic heterocycles. The number of halogens is 2. The lowest BCUT2D eigenvalue weighted by molar-refractivity contribution is -0.266. The fourth-order valence-corrected chi connectivity index (χ4v) is 3.46. The molecule has 2 rings (SSSR count). The molecule has 0 unspecified atom stereocenters. The Morgan fingerprint density at radius 2 is 1.66 bits per heavy atom. The van der Waals surface area contributed by atoms with Gasteiger partial charge in [-0.2, -0.15) is 0 Å². The lowest BCUT2D eigenvalue weighted by atomic mass is 9.90. The molecule has 1 fully saturated rings. The Labute approximate surface area is 194 Å². The number of hydrogen-bond donors (Lipinski definition) is 0. The van der Waals surface area contributed by atoms with Crippen LogP contribution in [0.2, 0.25) is 5.02 Å². The molecular formula is C20H23Cl2NO9. The minimum Gasteiger partial charge on any atom is -0.467 e. The topological polar surface area (TPSA) is 118 Å². The Hall–Kier alpha value is -2.56. The number of carbonyl (C=O) groups excluding carboxylic acids is 4. The Morgan fingerprint density at radius 1 is 1.06 bits per heavy atom. The van der Waals surface area contributed by atoms with Crippen molar-refractivity contribution in [2.24, 2.45) is 5.92 Å². The van der Waals surface area contributed by atoms with Gasteiger partial charge in [-0.15, -0.1) is 0 Å². The van der Waals surface area contributed by atoms with E-state index in [-0.39, 0.29) is 16.5 Å². The third-order valence-corrected chi connectivity index (χ3v) is 5.18. The fourth-order valence-electron chi connectivity index (χ4n) is 3.21. The van der Waals surface area contributed by atoms with Gasteiger partial charge in [0.1, 0.15) is 5.75 Å². The largest absolute Gasteiger partial charge is 0.467 e. The summed E-state index contributed by atoms with van der Waals surface area (Å²) in [5, 5.41) is -0.533. The molecule has 1 aromatic rings. The molecule has 5 atom stereocenters. The lowest BCUT2D eigenvalue weighted by Gasteiger charge is -2.43. The SMILES string of the molecule is COC(=O)[C@H]1O[C@@H](Oc2ccc(Cl)cc2N(C)C(=O)Cl)[C@H](OC(C)=O)[C@@H](OC(C)=O)[C@@H]1C. The predicted molar refractivity (Wildman–Crippen MR) is 113 cm³/mol. The summed E-state index contributed by atoms with van der Waals surface area (Å²) in [6.07, 6.45) is -4.96. The van der Waals surface area contributed by atoms with E-state index in [2.05, 4.69) is 0 Å². The van der Waals surface area contributed by atoms with Crippen molar-refractivity contribution in [1.82, 2.24) is 0 Å². The maximum Gasteiger partial charge on any atom is 0.335 e. The van der Waals surface area contributed by atoms with E-state index in [9.17, 15) is 19.2 Å². The lowest BCUT2D eigenvalue weighted by Crippen LogP contribution is -2.60. The van der Waals surface area contributed by atoms with Crippen LogP contribution in [0.3, 0.4) is 0 Å². The monoisotopic (exact) mass is 491 g/mol. The summed E-state index contributed by atoms with van der Waals surface area (Å²) in [6, 6.07) is 4.35. The van der Waals surface area contributed by atoms with Crippen LogP contribution >= 0.6 is 23.2 Å². The normalized spacial score (nSPS) is 24.8. The van der Waals surface area contributed by atoms with Crippen LogP contribution in [0, 0.1) is 5.92 Å². The molecule has 0 spiro atoms.